The predicted molar refractivity (Wildman–Crippen MR) is 127 cm³/mol. The van der Waals surface area contributed by atoms with E-state index in [1.54, 1.807) is 60.7 Å². The monoisotopic (exact) mass is 495 g/mol. The minimum atomic E-state index is -3.69. The van der Waals surface area contributed by atoms with Crippen molar-refractivity contribution in [2.45, 2.75) is 10.5 Å². The Bertz CT molecular complexity index is 1230. The summed E-state index contributed by atoms with van der Waals surface area (Å²) in [6.07, 6.45) is 0. The molecule has 3 aromatic carbocycles. The lowest BCUT2D eigenvalue weighted by atomic mass is 9.86. The smallest absolute Gasteiger partial charge is 0.348 e. The topological polar surface area (TPSA) is 110 Å². The molecule has 0 spiro atoms. The SMILES string of the molecule is O=C(COC(=O)C(O)(c1ccccc1)c1ccccc1)c1ccc(S(=O)(=O)N2CCOCC2)cc1. The third-order valence-corrected chi connectivity index (χ3v) is 7.71. The fourth-order valence-corrected chi connectivity index (χ4v) is 5.24. The molecule has 1 fully saturated rings. The van der Waals surface area contributed by atoms with E-state index >= 15 is 0 Å². The van der Waals surface area contributed by atoms with Crippen LogP contribution < -0.4 is 0 Å². The lowest BCUT2D eigenvalue weighted by Crippen LogP contribution is -2.40. The van der Waals surface area contributed by atoms with Gasteiger partial charge in [0.2, 0.25) is 15.6 Å². The highest BCUT2D eigenvalue weighted by atomic mass is 32.2. The standard InChI is InChI=1S/C26H25NO7S/c28-24(20-11-13-23(14-12-20)35(31,32)27-15-17-33-18-16-27)19-34-25(29)26(30,21-7-3-1-4-8-21)22-9-5-2-6-10-22/h1-14,30H,15-19H2. The number of nitrogens with zero attached hydrogens (tertiary/aromatic N) is 1. The lowest BCUT2D eigenvalue weighted by molar-refractivity contribution is -0.160. The van der Waals surface area contributed by atoms with Crippen molar-refractivity contribution in [1.82, 2.24) is 4.31 Å². The number of ketones is 1. The molecule has 0 saturated carbocycles. The van der Waals surface area contributed by atoms with Gasteiger partial charge in [-0.1, -0.05) is 60.7 Å². The van der Waals surface area contributed by atoms with E-state index in [9.17, 15) is 23.1 Å². The van der Waals surface area contributed by atoms with Gasteiger partial charge in [0.25, 0.3) is 0 Å². The van der Waals surface area contributed by atoms with Gasteiger partial charge in [-0.25, -0.2) is 13.2 Å². The Morgan fingerprint density at radius 1 is 0.857 bits per heavy atom. The van der Waals surface area contributed by atoms with Gasteiger partial charge in [-0.15, -0.1) is 0 Å². The molecule has 9 heteroatoms. The van der Waals surface area contributed by atoms with Crippen LogP contribution in [0, 0.1) is 0 Å². The maximum atomic E-state index is 13.0. The van der Waals surface area contributed by atoms with E-state index < -0.39 is 34.0 Å². The second-order valence-electron chi connectivity index (χ2n) is 7.98. The molecule has 4 rings (SSSR count). The number of rotatable bonds is 8. The predicted octanol–water partition coefficient (Wildman–Crippen LogP) is 2.37. The van der Waals surface area contributed by atoms with Crippen molar-refractivity contribution in [2.75, 3.05) is 32.9 Å². The fourth-order valence-electron chi connectivity index (χ4n) is 3.83. The Kier molecular flexibility index (Phi) is 7.42. The second-order valence-corrected chi connectivity index (χ2v) is 9.92. The van der Waals surface area contributed by atoms with E-state index in [1.165, 1.54) is 28.6 Å². The van der Waals surface area contributed by atoms with E-state index in [4.69, 9.17) is 9.47 Å². The van der Waals surface area contributed by atoms with Crippen LogP contribution in [-0.2, 0) is 29.9 Å². The molecule has 0 unspecified atom stereocenters. The molecule has 1 N–H and O–H groups in total. The average Bonchev–Trinajstić information content (AvgIpc) is 2.92. The Morgan fingerprint density at radius 3 is 1.89 bits per heavy atom. The quantitative estimate of drug-likeness (QED) is 0.377. The Hall–Kier alpha value is -3.37. The van der Waals surface area contributed by atoms with Gasteiger partial charge in [0.05, 0.1) is 18.1 Å². The fraction of sp³-hybridized carbons (Fsp3) is 0.231. The number of sulfonamides is 1. The normalized spacial score (nSPS) is 14.9. The number of esters is 1. The molecular formula is C26H25NO7S. The summed E-state index contributed by atoms with van der Waals surface area (Å²) in [5, 5.41) is 11.4. The number of Topliss-reactive ketones (excluding diaryl/α,β-unsaturated/α-hetero) is 1. The molecule has 0 radical (unpaired) electrons. The Labute approximate surface area is 203 Å². The summed E-state index contributed by atoms with van der Waals surface area (Å²) >= 11 is 0. The van der Waals surface area contributed by atoms with Gasteiger partial charge in [0, 0.05) is 18.7 Å². The Balaban J connectivity index is 1.48. The molecule has 1 saturated heterocycles. The summed E-state index contributed by atoms with van der Waals surface area (Å²) in [6.45, 7) is 0.588. The second kappa shape index (κ2) is 10.5. The van der Waals surface area contributed by atoms with Gasteiger partial charge in [-0.2, -0.15) is 4.31 Å². The number of hydrogen-bond donors (Lipinski definition) is 1. The summed E-state index contributed by atoms with van der Waals surface area (Å²) in [6, 6.07) is 22.1. The lowest BCUT2D eigenvalue weighted by Gasteiger charge is -2.27. The van der Waals surface area contributed by atoms with Gasteiger partial charge < -0.3 is 14.6 Å². The summed E-state index contributed by atoms with van der Waals surface area (Å²) < 4.78 is 37.3. The first-order valence-corrected chi connectivity index (χ1v) is 12.5. The molecule has 1 aliphatic heterocycles. The first kappa shape index (κ1) is 24.7. The van der Waals surface area contributed by atoms with Crippen molar-refractivity contribution in [3.8, 4) is 0 Å². The number of carbonyl (C=O) groups is 2. The van der Waals surface area contributed by atoms with Crippen molar-refractivity contribution in [3.63, 3.8) is 0 Å². The number of morpholine rings is 1. The van der Waals surface area contributed by atoms with Gasteiger partial charge in [-0.05, 0) is 35.4 Å². The molecule has 182 valence electrons. The minimum Gasteiger partial charge on any atom is -0.455 e. The largest absolute Gasteiger partial charge is 0.455 e. The van der Waals surface area contributed by atoms with Gasteiger partial charge >= 0.3 is 5.97 Å². The molecule has 0 amide bonds. The van der Waals surface area contributed by atoms with E-state index in [-0.39, 0.29) is 23.5 Å². The average molecular weight is 496 g/mol. The number of ether oxygens (including phenoxy) is 2. The summed E-state index contributed by atoms with van der Waals surface area (Å²) in [4.78, 5) is 25.8. The molecular weight excluding hydrogens is 470 g/mol. The first-order valence-electron chi connectivity index (χ1n) is 11.1. The van der Waals surface area contributed by atoms with Crippen molar-refractivity contribution < 1.29 is 32.6 Å². The number of benzene rings is 3. The molecule has 0 aliphatic carbocycles. The number of carbonyl (C=O) groups excluding carboxylic acids is 2. The third kappa shape index (κ3) is 5.18. The van der Waals surface area contributed by atoms with Crippen LogP contribution in [0.25, 0.3) is 0 Å². The van der Waals surface area contributed by atoms with Crippen molar-refractivity contribution >= 4 is 21.8 Å². The molecule has 8 nitrogen and oxygen atoms in total. The van der Waals surface area contributed by atoms with E-state index in [1.807, 2.05) is 0 Å². The molecule has 0 atom stereocenters. The molecule has 0 aromatic heterocycles. The molecule has 1 aliphatic rings. The summed E-state index contributed by atoms with van der Waals surface area (Å²) in [5.41, 5.74) is -1.30. The van der Waals surface area contributed by atoms with Crippen molar-refractivity contribution in [1.29, 1.82) is 0 Å². The number of aliphatic hydroxyl groups is 1. The van der Waals surface area contributed by atoms with E-state index in [0.29, 0.717) is 24.3 Å². The number of hydrogen-bond acceptors (Lipinski definition) is 7. The van der Waals surface area contributed by atoms with E-state index in [0.717, 1.165) is 0 Å². The van der Waals surface area contributed by atoms with Crippen LogP contribution in [0.2, 0.25) is 0 Å². The maximum absolute atomic E-state index is 13.0. The Morgan fingerprint density at radius 2 is 1.37 bits per heavy atom. The maximum Gasteiger partial charge on any atom is 0.348 e. The van der Waals surface area contributed by atoms with Gasteiger partial charge in [0.15, 0.2) is 12.4 Å². The van der Waals surface area contributed by atoms with Crippen LogP contribution in [0.4, 0.5) is 0 Å². The zero-order chi connectivity index (χ0) is 24.9. The van der Waals surface area contributed by atoms with Crippen LogP contribution in [-0.4, -0.2) is 62.5 Å². The van der Waals surface area contributed by atoms with Crippen LogP contribution in [0.1, 0.15) is 21.5 Å². The zero-order valence-electron chi connectivity index (χ0n) is 18.9. The molecule has 3 aromatic rings. The van der Waals surface area contributed by atoms with Crippen LogP contribution in [0.3, 0.4) is 0 Å². The van der Waals surface area contributed by atoms with E-state index in [2.05, 4.69) is 0 Å². The van der Waals surface area contributed by atoms with Crippen molar-refractivity contribution in [3.05, 3.63) is 102 Å². The van der Waals surface area contributed by atoms with Crippen LogP contribution in [0.5, 0.6) is 0 Å². The zero-order valence-corrected chi connectivity index (χ0v) is 19.7. The molecule has 35 heavy (non-hydrogen) atoms. The van der Waals surface area contributed by atoms with Gasteiger partial charge in [0.1, 0.15) is 0 Å². The summed E-state index contributed by atoms with van der Waals surface area (Å²) in [7, 11) is -3.69. The third-order valence-electron chi connectivity index (χ3n) is 5.80. The molecule has 0 bridgehead atoms. The van der Waals surface area contributed by atoms with Gasteiger partial charge in [-0.3, -0.25) is 4.79 Å². The minimum absolute atomic E-state index is 0.0653. The van der Waals surface area contributed by atoms with Crippen molar-refractivity contribution in [2.24, 2.45) is 0 Å². The van der Waals surface area contributed by atoms with Crippen LogP contribution in [0.15, 0.2) is 89.8 Å². The first-order chi connectivity index (χ1) is 16.8. The highest BCUT2D eigenvalue weighted by Crippen LogP contribution is 2.31. The van der Waals surface area contributed by atoms with Crippen LogP contribution >= 0.6 is 0 Å². The highest BCUT2D eigenvalue weighted by Gasteiger charge is 2.41. The highest BCUT2D eigenvalue weighted by molar-refractivity contribution is 7.89. The summed E-state index contributed by atoms with van der Waals surface area (Å²) in [5.74, 6) is -1.52. The molecule has 1 heterocycles.